The van der Waals surface area contributed by atoms with Crippen LogP contribution in [-0.4, -0.2) is 23.8 Å². The summed E-state index contributed by atoms with van der Waals surface area (Å²) >= 11 is 0. The maximum absolute atomic E-state index is 10.3. The molecule has 0 saturated heterocycles. The first-order valence-electron chi connectivity index (χ1n) is 6.98. The second-order valence-corrected chi connectivity index (χ2v) is 5.22. The van der Waals surface area contributed by atoms with Crippen molar-refractivity contribution in [1.82, 2.24) is 5.32 Å². The van der Waals surface area contributed by atoms with Gasteiger partial charge in [0, 0.05) is 0 Å². The number of unbranched alkanes of at least 4 members (excludes halogenated alkanes) is 1. The average molecular weight is 229 g/mol. The van der Waals surface area contributed by atoms with Crippen LogP contribution in [-0.2, 0) is 0 Å². The van der Waals surface area contributed by atoms with Gasteiger partial charge in [-0.1, -0.05) is 46.5 Å². The zero-order valence-corrected chi connectivity index (χ0v) is 11.7. The van der Waals surface area contributed by atoms with Gasteiger partial charge in [-0.3, -0.25) is 0 Å². The molecular weight excluding hydrogens is 198 g/mol. The molecule has 2 N–H and O–H groups in total. The highest BCUT2D eigenvalue weighted by Crippen LogP contribution is 2.26. The van der Waals surface area contributed by atoms with Crippen LogP contribution in [0.4, 0.5) is 0 Å². The molecule has 16 heavy (non-hydrogen) atoms. The van der Waals surface area contributed by atoms with Gasteiger partial charge in [0.1, 0.15) is 0 Å². The Morgan fingerprint density at radius 2 is 1.94 bits per heavy atom. The van der Waals surface area contributed by atoms with Crippen LogP contribution in [0, 0.1) is 5.92 Å². The van der Waals surface area contributed by atoms with E-state index in [2.05, 4.69) is 26.1 Å². The second kappa shape index (κ2) is 9.00. The molecule has 0 aromatic rings. The Kier molecular flexibility index (Phi) is 8.96. The number of rotatable bonds is 10. The lowest BCUT2D eigenvalue weighted by molar-refractivity contribution is 0.0236. The minimum Gasteiger partial charge on any atom is -0.390 e. The summed E-state index contributed by atoms with van der Waals surface area (Å²) in [6.45, 7) is 10.5. The van der Waals surface area contributed by atoms with Gasteiger partial charge in [0.2, 0.25) is 0 Å². The van der Waals surface area contributed by atoms with Gasteiger partial charge in [-0.2, -0.15) is 0 Å². The monoisotopic (exact) mass is 229 g/mol. The summed E-state index contributed by atoms with van der Waals surface area (Å²) in [6, 6.07) is 0. The highest BCUT2D eigenvalue weighted by atomic mass is 16.3. The predicted octanol–water partition coefficient (Wildman–Crippen LogP) is 3.34. The Morgan fingerprint density at radius 3 is 2.44 bits per heavy atom. The van der Waals surface area contributed by atoms with Crippen molar-refractivity contribution in [2.24, 2.45) is 5.92 Å². The van der Waals surface area contributed by atoms with Crippen molar-refractivity contribution in [1.29, 1.82) is 0 Å². The fraction of sp³-hybridized carbons (Fsp3) is 1.00. The average Bonchev–Trinajstić information content (AvgIpc) is 2.24. The number of hydrogen-bond acceptors (Lipinski definition) is 2. The summed E-state index contributed by atoms with van der Waals surface area (Å²) in [5, 5.41) is 13.6. The van der Waals surface area contributed by atoms with E-state index in [1.54, 1.807) is 0 Å². The van der Waals surface area contributed by atoms with Gasteiger partial charge < -0.3 is 10.4 Å². The van der Waals surface area contributed by atoms with Crippen molar-refractivity contribution >= 4 is 0 Å². The summed E-state index contributed by atoms with van der Waals surface area (Å²) in [7, 11) is 0. The molecule has 0 rings (SSSR count). The van der Waals surface area contributed by atoms with Gasteiger partial charge in [-0.05, 0) is 38.8 Å². The number of aliphatic hydroxyl groups is 1. The molecule has 0 aliphatic rings. The van der Waals surface area contributed by atoms with Crippen molar-refractivity contribution in [3.63, 3.8) is 0 Å². The van der Waals surface area contributed by atoms with Crippen molar-refractivity contribution in [2.45, 2.75) is 71.8 Å². The number of hydrogen-bond donors (Lipinski definition) is 2. The molecule has 0 aromatic heterocycles. The van der Waals surface area contributed by atoms with Gasteiger partial charge in [-0.25, -0.2) is 0 Å². The largest absolute Gasteiger partial charge is 0.390 e. The Bertz CT molecular complexity index is 157. The zero-order valence-electron chi connectivity index (χ0n) is 11.7. The van der Waals surface area contributed by atoms with Gasteiger partial charge in [0.15, 0.2) is 0 Å². The third kappa shape index (κ3) is 8.12. The van der Waals surface area contributed by atoms with E-state index >= 15 is 0 Å². The van der Waals surface area contributed by atoms with Crippen LogP contribution in [0.1, 0.15) is 66.2 Å². The van der Waals surface area contributed by atoms with E-state index in [4.69, 9.17) is 0 Å². The first-order valence-corrected chi connectivity index (χ1v) is 6.98. The fourth-order valence-electron chi connectivity index (χ4n) is 2.20. The summed E-state index contributed by atoms with van der Waals surface area (Å²) in [5.74, 6) is 0.691. The van der Waals surface area contributed by atoms with Crippen LogP contribution in [0.5, 0.6) is 0 Å². The van der Waals surface area contributed by atoms with E-state index in [1.807, 2.05) is 6.92 Å². The molecule has 0 aliphatic heterocycles. The lowest BCUT2D eigenvalue weighted by atomic mass is 9.85. The van der Waals surface area contributed by atoms with Crippen LogP contribution in [0.2, 0.25) is 0 Å². The molecule has 2 unspecified atom stereocenters. The van der Waals surface area contributed by atoms with E-state index in [0.717, 1.165) is 25.9 Å². The zero-order chi connectivity index (χ0) is 12.4. The standard InChI is InChI=1S/C14H31NO/c1-5-8-9-13(6-2)12-14(4,16)10-11-15-7-3/h13,15-16H,5-12H2,1-4H3. The maximum atomic E-state index is 10.3. The summed E-state index contributed by atoms with van der Waals surface area (Å²) < 4.78 is 0. The third-order valence-corrected chi connectivity index (χ3v) is 3.36. The molecule has 2 heteroatoms. The number of nitrogens with one attached hydrogen (secondary N) is 1. The van der Waals surface area contributed by atoms with Gasteiger partial charge in [0.05, 0.1) is 5.60 Å². The fourth-order valence-corrected chi connectivity index (χ4v) is 2.20. The van der Waals surface area contributed by atoms with Gasteiger partial charge in [0.25, 0.3) is 0 Å². The molecule has 0 amide bonds. The Labute approximate surface area is 102 Å². The molecule has 0 aliphatic carbocycles. The molecule has 0 bridgehead atoms. The van der Waals surface area contributed by atoms with Crippen molar-refractivity contribution in [3.8, 4) is 0 Å². The SMILES string of the molecule is CCCCC(CC)CC(C)(O)CCNCC. The minimum atomic E-state index is -0.489. The van der Waals surface area contributed by atoms with Crippen molar-refractivity contribution in [2.75, 3.05) is 13.1 Å². The molecule has 2 atom stereocenters. The molecule has 0 heterocycles. The molecule has 0 spiro atoms. The van der Waals surface area contributed by atoms with Gasteiger partial charge >= 0.3 is 0 Å². The quantitative estimate of drug-likeness (QED) is 0.563. The van der Waals surface area contributed by atoms with Crippen molar-refractivity contribution in [3.05, 3.63) is 0 Å². The summed E-state index contributed by atoms with van der Waals surface area (Å²) in [6.07, 6.45) is 6.83. The van der Waals surface area contributed by atoms with Crippen LogP contribution in [0.15, 0.2) is 0 Å². The van der Waals surface area contributed by atoms with E-state index in [-0.39, 0.29) is 0 Å². The Hall–Kier alpha value is -0.0800. The molecular formula is C14H31NO. The Balaban J connectivity index is 3.89. The normalized spacial score (nSPS) is 17.1. The van der Waals surface area contributed by atoms with Crippen LogP contribution in [0.3, 0.4) is 0 Å². The topological polar surface area (TPSA) is 32.3 Å². The minimum absolute atomic E-state index is 0.489. The highest BCUT2D eigenvalue weighted by Gasteiger charge is 2.23. The highest BCUT2D eigenvalue weighted by molar-refractivity contribution is 4.77. The first kappa shape index (κ1) is 15.9. The van der Waals surface area contributed by atoms with Crippen LogP contribution >= 0.6 is 0 Å². The van der Waals surface area contributed by atoms with E-state index in [9.17, 15) is 5.11 Å². The lowest BCUT2D eigenvalue weighted by Crippen LogP contribution is -2.32. The molecule has 0 aromatic carbocycles. The molecule has 0 fully saturated rings. The van der Waals surface area contributed by atoms with Crippen molar-refractivity contribution < 1.29 is 5.11 Å². The third-order valence-electron chi connectivity index (χ3n) is 3.36. The summed E-state index contributed by atoms with van der Waals surface area (Å²) in [5.41, 5.74) is -0.489. The Morgan fingerprint density at radius 1 is 1.25 bits per heavy atom. The van der Waals surface area contributed by atoms with Gasteiger partial charge in [-0.15, -0.1) is 0 Å². The molecule has 0 saturated carbocycles. The lowest BCUT2D eigenvalue weighted by Gasteiger charge is -2.28. The predicted molar refractivity (Wildman–Crippen MR) is 71.7 cm³/mol. The van der Waals surface area contributed by atoms with E-state index in [1.165, 1.54) is 25.7 Å². The van der Waals surface area contributed by atoms with Crippen LogP contribution < -0.4 is 5.32 Å². The van der Waals surface area contributed by atoms with E-state index in [0.29, 0.717) is 5.92 Å². The molecule has 0 radical (unpaired) electrons. The second-order valence-electron chi connectivity index (χ2n) is 5.22. The molecule has 98 valence electrons. The van der Waals surface area contributed by atoms with E-state index < -0.39 is 5.60 Å². The maximum Gasteiger partial charge on any atom is 0.0634 e. The molecule has 2 nitrogen and oxygen atoms in total. The summed E-state index contributed by atoms with van der Waals surface area (Å²) in [4.78, 5) is 0. The smallest absolute Gasteiger partial charge is 0.0634 e. The first-order chi connectivity index (χ1) is 7.55. The van der Waals surface area contributed by atoms with Crippen LogP contribution in [0.25, 0.3) is 0 Å².